The summed E-state index contributed by atoms with van der Waals surface area (Å²) in [5.41, 5.74) is 4.64. The van der Waals surface area contributed by atoms with Gasteiger partial charge in [0.2, 0.25) is 5.91 Å². The van der Waals surface area contributed by atoms with Gasteiger partial charge in [-0.3, -0.25) is 4.79 Å². The number of amides is 1. The Morgan fingerprint density at radius 3 is 2.84 bits per heavy atom. The van der Waals surface area contributed by atoms with Crippen LogP contribution in [0, 0.1) is 0 Å². The molecule has 1 amide bonds. The fourth-order valence-electron chi connectivity index (χ4n) is 3.06. The van der Waals surface area contributed by atoms with E-state index in [1.54, 1.807) is 6.92 Å². The minimum absolute atomic E-state index is 0.123. The molecule has 94 valence electrons. The van der Waals surface area contributed by atoms with Crippen molar-refractivity contribution in [3.05, 3.63) is 42.0 Å². The molecule has 0 bridgehead atoms. The SMILES string of the molecule is CC(=O)N1CCc2cc3[nH]c4ccccc4c3cc21. The zero-order valence-corrected chi connectivity index (χ0v) is 10.7. The number of aromatic nitrogens is 1. The van der Waals surface area contributed by atoms with Gasteiger partial charge in [-0.2, -0.15) is 0 Å². The highest BCUT2D eigenvalue weighted by Crippen LogP contribution is 2.35. The maximum atomic E-state index is 11.7. The number of anilines is 1. The van der Waals surface area contributed by atoms with Crippen LogP contribution < -0.4 is 4.90 Å². The molecule has 1 aromatic heterocycles. The molecule has 3 heteroatoms. The topological polar surface area (TPSA) is 36.1 Å². The summed E-state index contributed by atoms with van der Waals surface area (Å²) in [6, 6.07) is 12.6. The molecule has 0 aliphatic carbocycles. The normalized spacial score (nSPS) is 14.3. The number of nitrogens with one attached hydrogen (secondary N) is 1. The average Bonchev–Trinajstić information content (AvgIpc) is 2.96. The number of nitrogens with zero attached hydrogens (tertiary/aromatic N) is 1. The third-order valence-electron chi connectivity index (χ3n) is 3.98. The number of rotatable bonds is 0. The smallest absolute Gasteiger partial charge is 0.223 e. The van der Waals surface area contributed by atoms with Crippen LogP contribution in [-0.2, 0) is 11.2 Å². The Bertz CT molecular complexity index is 816. The molecule has 3 aromatic rings. The van der Waals surface area contributed by atoms with E-state index in [0.29, 0.717) is 0 Å². The van der Waals surface area contributed by atoms with E-state index in [2.05, 4.69) is 29.2 Å². The van der Waals surface area contributed by atoms with Gasteiger partial charge < -0.3 is 9.88 Å². The lowest BCUT2D eigenvalue weighted by molar-refractivity contribution is -0.116. The highest BCUT2D eigenvalue weighted by molar-refractivity contribution is 6.10. The van der Waals surface area contributed by atoms with Gasteiger partial charge >= 0.3 is 0 Å². The van der Waals surface area contributed by atoms with E-state index < -0.39 is 0 Å². The molecule has 19 heavy (non-hydrogen) atoms. The monoisotopic (exact) mass is 250 g/mol. The van der Waals surface area contributed by atoms with E-state index in [0.717, 1.165) is 29.7 Å². The zero-order valence-electron chi connectivity index (χ0n) is 10.7. The summed E-state index contributed by atoms with van der Waals surface area (Å²) in [6.45, 7) is 2.43. The van der Waals surface area contributed by atoms with Crippen molar-refractivity contribution in [1.82, 2.24) is 4.98 Å². The first kappa shape index (κ1) is 10.6. The molecule has 4 rings (SSSR count). The fraction of sp³-hybridized carbons (Fsp3) is 0.188. The Kier molecular flexibility index (Phi) is 2.01. The summed E-state index contributed by atoms with van der Waals surface area (Å²) in [5.74, 6) is 0.123. The van der Waals surface area contributed by atoms with E-state index >= 15 is 0 Å². The molecular weight excluding hydrogens is 236 g/mol. The summed E-state index contributed by atoms with van der Waals surface area (Å²) in [7, 11) is 0. The third-order valence-corrected chi connectivity index (χ3v) is 3.98. The number of hydrogen-bond acceptors (Lipinski definition) is 1. The summed E-state index contributed by atoms with van der Waals surface area (Å²) in [5, 5.41) is 2.42. The Labute approximate surface area is 110 Å². The minimum Gasteiger partial charge on any atom is -0.355 e. The van der Waals surface area contributed by atoms with Crippen LogP contribution in [0.3, 0.4) is 0 Å². The lowest BCUT2D eigenvalue weighted by Crippen LogP contribution is -2.25. The van der Waals surface area contributed by atoms with Crippen molar-refractivity contribution >= 4 is 33.4 Å². The number of carbonyl (C=O) groups excluding carboxylic acids is 1. The Morgan fingerprint density at radius 1 is 1.16 bits per heavy atom. The van der Waals surface area contributed by atoms with E-state index in [1.807, 2.05) is 17.0 Å². The van der Waals surface area contributed by atoms with E-state index in [9.17, 15) is 4.79 Å². The van der Waals surface area contributed by atoms with Crippen LogP contribution in [0.4, 0.5) is 5.69 Å². The van der Waals surface area contributed by atoms with Gasteiger partial charge in [0.05, 0.1) is 0 Å². The Hall–Kier alpha value is -2.29. The Balaban J connectivity index is 2.05. The van der Waals surface area contributed by atoms with Gasteiger partial charge in [-0.25, -0.2) is 0 Å². The molecule has 0 spiro atoms. The number of hydrogen-bond donors (Lipinski definition) is 1. The number of fused-ring (bicyclic) bond motifs is 4. The van der Waals surface area contributed by atoms with Crippen LogP contribution in [0.5, 0.6) is 0 Å². The van der Waals surface area contributed by atoms with E-state index in [1.165, 1.54) is 16.3 Å². The highest BCUT2D eigenvalue weighted by atomic mass is 16.2. The fourth-order valence-corrected chi connectivity index (χ4v) is 3.06. The maximum Gasteiger partial charge on any atom is 0.223 e. The average molecular weight is 250 g/mol. The lowest BCUT2D eigenvalue weighted by atomic mass is 10.1. The molecule has 2 heterocycles. The third kappa shape index (κ3) is 1.41. The van der Waals surface area contributed by atoms with Gasteiger partial charge in [0.15, 0.2) is 0 Å². The predicted molar refractivity (Wildman–Crippen MR) is 77.5 cm³/mol. The standard InChI is InChI=1S/C16H14N2O/c1-10(19)18-7-6-11-8-15-13(9-16(11)18)12-4-2-3-5-14(12)17-15/h2-5,8-9,17H,6-7H2,1H3. The van der Waals surface area contributed by atoms with E-state index in [-0.39, 0.29) is 5.91 Å². The van der Waals surface area contributed by atoms with Crippen molar-refractivity contribution in [1.29, 1.82) is 0 Å². The molecule has 1 N–H and O–H groups in total. The molecule has 0 radical (unpaired) electrons. The van der Waals surface area contributed by atoms with E-state index in [4.69, 9.17) is 0 Å². The molecule has 3 nitrogen and oxygen atoms in total. The summed E-state index contributed by atoms with van der Waals surface area (Å²) < 4.78 is 0. The first-order chi connectivity index (χ1) is 9.24. The lowest BCUT2D eigenvalue weighted by Gasteiger charge is -2.14. The first-order valence-electron chi connectivity index (χ1n) is 6.55. The number of benzene rings is 2. The zero-order chi connectivity index (χ0) is 13.0. The number of para-hydroxylation sites is 1. The van der Waals surface area contributed by atoms with Crippen LogP contribution in [0.1, 0.15) is 12.5 Å². The quantitative estimate of drug-likeness (QED) is 0.653. The van der Waals surface area contributed by atoms with Crippen LogP contribution in [0.15, 0.2) is 36.4 Å². The number of carbonyl (C=O) groups is 1. The van der Waals surface area contributed by atoms with Gasteiger partial charge in [-0.05, 0) is 30.2 Å². The second-order valence-corrected chi connectivity index (χ2v) is 5.12. The number of aromatic amines is 1. The van der Waals surface area contributed by atoms with Crippen molar-refractivity contribution in [3.63, 3.8) is 0 Å². The molecule has 0 atom stereocenters. The second kappa shape index (κ2) is 3.60. The molecule has 0 saturated heterocycles. The van der Waals surface area contributed by atoms with Crippen LogP contribution in [0.25, 0.3) is 21.8 Å². The molecule has 0 fully saturated rings. The van der Waals surface area contributed by atoms with Gasteiger partial charge in [0.25, 0.3) is 0 Å². The molecular formula is C16H14N2O. The van der Waals surface area contributed by atoms with Gasteiger partial charge in [0.1, 0.15) is 0 Å². The first-order valence-corrected chi connectivity index (χ1v) is 6.55. The van der Waals surface area contributed by atoms with Crippen molar-refractivity contribution in [2.75, 3.05) is 11.4 Å². The minimum atomic E-state index is 0.123. The van der Waals surface area contributed by atoms with Gasteiger partial charge in [-0.1, -0.05) is 18.2 Å². The summed E-state index contributed by atoms with van der Waals surface area (Å²) in [6.07, 6.45) is 0.945. The summed E-state index contributed by atoms with van der Waals surface area (Å²) >= 11 is 0. The maximum absolute atomic E-state index is 11.7. The van der Waals surface area contributed by atoms with Gasteiger partial charge in [-0.15, -0.1) is 0 Å². The van der Waals surface area contributed by atoms with Crippen molar-refractivity contribution in [2.45, 2.75) is 13.3 Å². The molecule has 1 aliphatic heterocycles. The number of H-pyrrole nitrogens is 1. The van der Waals surface area contributed by atoms with Crippen molar-refractivity contribution < 1.29 is 4.79 Å². The second-order valence-electron chi connectivity index (χ2n) is 5.12. The molecule has 2 aromatic carbocycles. The highest BCUT2D eigenvalue weighted by Gasteiger charge is 2.23. The molecule has 0 saturated carbocycles. The Morgan fingerprint density at radius 2 is 2.00 bits per heavy atom. The van der Waals surface area contributed by atoms with Crippen molar-refractivity contribution in [3.8, 4) is 0 Å². The van der Waals surface area contributed by atoms with Crippen LogP contribution in [0.2, 0.25) is 0 Å². The van der Waals surface area contributed by atoms with Crippen LogP contribution >= 0.6 is 0 Å². The largest absolute Gasteiger partial charge is 0.355 e. The summed E-state index contributed by atoms with van der Waals surface area (Å²) in [4.78, 5) is 17.0. The van der Waals surface area contributed by atoms with Crippen molar-refractivity contribution in [2.24, 2.45) is 0 Å². The predicted octanol–water partition coefficient (Wildman–Crippen LogP) is 3.23. The molecule has 1 aliphatic rings. The molecule has 0 unspecified atom stereocenters. The van der Waals surface area contributed by atoms with Crippen LogP contribution in [-0.4, -0.2) is 17.4 Å². The van der Waals surface area contributed by atoms with Gasteiger partial charge in [0, 0.05) is 41.0 Å².